The molecule has 0 radical (unpaired) electrons. The van der Waals surface area contributed by atoms with E-state index in [2.05, 4.69) is 90.9 Å². The van der Waals surface area contributed by atoms with Crippen LogP contribution in [0.2, 0.25) is 0 Å². The van der Waals surface area contributed by atoms with Crippen molar-refractivity contribution in [1.82, 2.24) is 0 Å². The molecular weight excluding hydrogens is 343 g/mol. The number of rotatable bonds is 4. The molecule has 0 aliphatic rings. The van der Waals surface area contributed by atoms with E-state index < -0.39 is 0 Å². The molecule has 3 rings (SSSR count). The second-order valence-electron chi connectivity index (χ2n) is 7.81. The molecule has 0 spiro atoms. The zero-order valence-electron chi connectivity index (χ0n) is 17.7. The average Bonchev–Trinajstić information content (AvgIpc) is 2.55. The third kappa shape index (κ3) is 3.87. The molecule has 0 aliphatic heterocycles. The number of hydrogen-bond acceptors (Lipinski definition) is 0. The quantitative estimate of drug-likeness (QED) is 0.424. The van der Waals surface area contributed by atoms with Crippen LogP contribution in [0.4, 0.5) is 0 Å². The van der Waals surface area contributed by atoms with E-state index in [0.717, 1.165) is 8.58 Å². The van der Waals surface area contributed by atoms with Crippen LogP contribution < -0.4 is 5.30 Å². The maximum Gasteiger partial charge on any atom is -0.00981 e. The molecule has 0 aromatic heterocycles. The number of benzene rings is 3. The summed E-state index contributed by atoms with van der Waals surface area (Å²) >= 11 is 0. The Morgan fingerprint density at radius 3 is 1.33 bits per heavy atom. The molecule has 1 heteroatoms. The lowest BCUT2D eigenvalue weighted by atomic mass is 9.89. The van der Waals surface area contributed by atoms with E-state index in [4.69, 9.17) is 0 Å². The molecule has 0 saturated carbocycles. The van der Waals surface area contributed by atoms with E-state index >= 15 is 0 Å². The molecule has 0 saturated heterocycles. The van der Waals surface area contributed by atoms with Crippen LogP contribution in [0.15, 0.2) is 42.5 Å². The van der Waals surface area contributed by atoms with Crippen molar-refractivity contribution in [2.75, 3.05) is 6.16 Å². The second-order valence-corrected chi connectivity index (χ2v) is 9.37. The maximum atomic E-state index is 2.32. The number of hydrogen-bond donors (Lipinski definition) is 0. The molecule has 3 aromatic carbocycles. The molecule has 3 aromatic rings. The van der Waals surface area contributed by atoms with Gasteiger partial charge in [-0.3, -0.25) is 0 Å². The van der Waals surface area contributed by atoms with Gasteiger partial charge in [-0.05, 0) is 97.5 Å². The van der Waals surface area contributed by atoms with Crippen molar-refractivity contribution < 1.29 is 0 Å². The van der Waals surface area contributed by atoms with E-state index in [1.54, 1.807) is 0 Å². The lowest BCUT2D eigenvalue weighted by Crippen LogP contribution is -2.09. The van der Waals surface area contributed by atoms with Gasteiger partial charge in [0.05, 0.1) is 0 Å². The van der Waals surface area contributed by atoms with Crippen molar-refractivity contribution in [3.63, 3.8) is 0 Å². The van der Waals surface area contributed by atoms with Crippen molar-refractivity contribution in [3.8, 4) is 22.3 Å². The van der Waals surface area contributed by atoms with Gasteiger partial charge in [0.25, 0.3) is 0 Å². The molecular formula is C26H31P. The zero-order valence-corrected chi connectivity index (χ0v) is 18.7. The van der Waals surface area contributed by atoms with Gasteiger partial charge in [0.2, 0.25) is 0 Å². The summed E-state index contributed by atoms with van der Waals surface area (Å²) in [5.74, 6) is 0. The van der Waals surface area contributed by atoms with Gasteiger partial charge in [-0.25, -0.2) is 0 Å². The minimum absolute atomic E-state index is 0.816. The predicted molar refractivity (Wildman–Crippen MR) is 124 cm³/mol. The lowest BCUT2D eigenvalue weighted by molar-refractivity contribution is 1.31. The normalized spacial score (nSPS) is 11.5. The Kier molecular flexibility index (Phi) is 5.87. The minimum atomic E-state index is 0.816. The molecule has 0 nitrogen and oxygen atoms in total. The van der Waals surface area contributed by atoms with Gasteiger partial charge in [0.1, 0.15) is 0 Å². The molecule has 0 aliphatic carbocycles. The van der Waals surface area contributed by atoms with Crippen molar-refractivity contribution in [2.24, 2.45) is 0 Å². The van der Waals surface area contributed by atoms with Gasteiger partial charge in [-0.2, -0.15) is 0 Å². The fourth-order valence-corrected chi connectivity index (χ4v) is 5.70. The molecule has 27 heavy (non-hydrogen) atoms. The Hall–Kier alpha value is -1.91. The van der Waals surface area contributed by atoms with Crippen LogP contribution >= 0.6 is 8.58 Å². The summed E-state index contributed by atoms with van der Waals surface area (Å²) in [6.45, 7) is 15.7. The van der Waals surface area contributed by atoms with Crippen LogP contribution in [0, 0.1) is 41.5 Å². The highest BCUT2D eigenvalue weighted by molar-refractivity contribution is 7.48. The topological polar surface area (TPSA) is 0 Å². The summed E-state index contributed by atoms with van der Waals surface area (Å²) in [6.07, 6.45) is 1.18. The smallest absolute Gasteiger partial charge is 0.00981 e. The highest BCUT2D eigenvalue weighted by atomic mass is 31.1. The molecule has 0 amide bonds. The first-order valence-electron chi connectivity index (χ1n) is 9.86. The first-order valence-corrected chi connectivity index (χ1v) is 11.1. The third-order valence-corrected chi connectivity index (χ3v) is 6.56. The van der Waals surface area contributed by atoms with Crippen molar-refractivity contribution >= 4 is 13.9 Å². The molecule has 140 valence electrons. The predicted octanol–water partition coefficient (Wildman–Crippen LogP) is 7.19. The van der Waals surface area contributed by atoms with Crippen LogP contribution in [-0.2, 0) is 0 Å². The van der Waals surface area contributed by atoms with Crippen molar-refractivity contribution in [1.29, 1.82) is 0 Å². The lowest BCUT2D eigenvalue weighted by Gasteiger charge is -2.21. The fourth-order valence-electron chi connectivity index (χ4n) is 4.55. The summed E-state index contributed by atoms with van der Waals surface area (Å²) in [7, 11) is 0.816. The SMILES string of the molecule is CCPc1c(-c2c(C)cc(C)cc2C)cccc1-c1c(C)cc(C)cc1C. The fraction of sp³-hybridized carbons (Fsp3) is 0.308. The molecule has 0 fully saturated rings. The Morgan fingerprint density at radius 2 is 1.00 bits per heavy atom. The van der Waals surface area contributed by atoms with Gasteiger partial charge < -0.3 is 0 Å². The van der Waals surface area contributed by atoms with Gasteiger partial charge >= 0.3 is 0 Å². The highest BCUT2D eigenvalue weighted by Gasteiger charge is 2.17. The summed E-state index contributed by atoms with van der Waals surface area (Å²) < 4.78 is 0. The largest absolute Gasteiger partial charge is 0.0893 e. The van der Waals surface area contributed by atoms with Gasteiger partial charge in [0.15, 0.2) is 0 Å². The Balaban J connectivity index is 2.33. The Bertz CT molecular complexity index is 873. The van der Waals surface area contributed by atoms with Crippen LogP contribution in [0.25, 0.3) is 22.3 Å². The van der Waals surface area contributed by atoms with E-state index in [0.29, 0.717) is 0 Å². The third-order valence-electron chi connectivity index (χ3n) is 5.31. The molecule has 0 N–H and O–H groups in total. The molecule has 0 bridgehead atoms. The van der Waals surface area contributed by atoms with E-state index in [1.165, 1.54) is 67.1 Å². The van der Waals surface area contributed by atoms with Crippen LogP contribution in [0.3, 0.4) is 0 Å². The van der Waals surface area contributed by atoms with E-state index in [9.17, 15) is 0 Å². The van der Waals surface area contributed by atoms with Gasteiger partial charge in [0, 0.05) is 0 Å². The Labute approximate surface area is 166 Å². The number of aryl methyl sites for hydroxylation is 6. The monoisotopic (exact) mass is 374 g/mol. The second kappa shape index (κ2) is 7.99. The van der Waals surface area contributed by atoms with Gasteiger partial charge in [-0.1, -0.05) is 69.1 Å². The van der Waals surface area contributed by atoms with Crippen LogP contribution in [0.5, 0.6) is 0 Å². The van der Waals surface area contributed by atoms with Crippen molar-refractivity contribution in [2.45, 2.75) is 48.5 Å². The average molecular weight is 375 g/mol. The first kappa shape index (κ1) is 19.8. The summed E-state index contributed by atoms with van der Waals surface area (Å²) in [5.41, 5.74) is 13.9. The van der Waals surface area contributed by atoms with Crippen molar-refractivity contribution in [3.05, 3.63) is 75.8 Å². The summed E-state index contributed by atoms with van der Waals surface area (Å²) in [5, 5.41) is 1.52. The molecule has 0 heterocycles. The zero-order chi connectivity index (χ0) is 19.7. The first-order chi connectivity index (χ1) is 12.8. The maximum absolute atomic E-state index is 2.32. The molecule has 1 unspecified atom stereocenters. The Morgan fingerprint density at radius 1 is 0.630 bits per heavy atom. The summed E-state index contributed by atoms with van der Waals surface area (Å²) in [6, 6.07) is 16.2. The highest BCUT2D eigenvalue weighted by Crippen LogP contribution is 2.36. The van der Waals surface area contributed by atoms with Crippen LogP contribution in [0.1, 0.15) is 40.3 Å². The summed E-state index contributed by atoms with van der Waals surface area (Å²) in [4.78, 5) is 0. The van der Waals surface area contributed by atoms with Gasteiger partial charge in [-0.15, -0.1) is 0 Å². The minimum Gasteiger partial charge on any atom is -0.0893 e. The van der Waals surface area contributed by atoms with E-state index in [-0.39, 0.29) is 0 Å². The molecule has 1 atom stereocenters. The van der Waals surface area contributed by atoms with E-state index in [1.807, 2.05) is 0 Å². The van der Waals surface area contributed by atoms with Crippen LogP contribution in [-0.4, -0.2) is 6.16 Å². The standard InChI is InChI=1S/C26H31P/c1-8-27-26-22(24-18(4)12-16(2)13-19(24)5)10-9-11-23(26)25-20(6)14-17(3)15-21(25)7/h9-15,27H,8H2,1-7H3.